The molecule has 0 amide bonds. The Balaban J connectivity index is 1.52. The quantitative estimate of drug-likeness (QED) is 0.645. The van der Waals surface area contributed by atoms with E-state index in [1.807, 2.05) is 0 Å². The van der Waals surface area contributed by atoms with E-state index < -0.39 is 0 Å². The Bertz CT molecular complexity index is 238. The highest BCUT2D eigenvalue weighted by molar-refractivity contribution is 4.74. The molecule has 6 fully saturated rings. The van der Waals surface area contributed by atoms with E-state index in [4.69, 9.17) is 0 Å². The second-order valence-electron chi connectivity index (χ2n) is 7.63. The Labute approximate surface area is 106 Å². The smallest absolute Gasteiger partial charge is 0.207 e. The molecule has 0 saturated carbocycles. The van der Waals surface area contributed by atoms with Gasteiger partial charge in [0.2, 0.25) is 6.67 Å². The van der Waals surface area contributed by atoms with Crippen molar-refractivity contribution in [2.75, 3.05) is 45.9 Å². The first-order valence-electron chi connectivity index (χ1n) is 7.98. The average molecular weight is 236 g/mol. The van der Waals surface area contributed by atoms with E-state index in [-0.39, 0.29) is 0 Å². The molecule has 6 heterocycles. The van der Waals surface area contributed by atoms with Gasteiger partial charge in [-0.05, 0) is 11.8 Å². The molecule has 0 spiro atoms. The topological polar surface area (TPSA) is 0 Å². The molecule has 0 radical (unpaired) electrons. The Kier molecular flexibility index (Phi) is 2.36. The van der Waals surface area contributed by atoms with Crippen LogP contribution < -0.4 is 0 Å². The summed E-state index contributed by atoms with van der Waals surface area (Å²) in [4.78, 5) is 0. The monoisotopic (exact) mass is 236 g/mol. The normalized spacial score (nSPS) is 52.9. The molecule has 0 N–H and O–H groups in total. The zero-order valence-electron chi connectivity index (χ0n) is 11.2. The molecular weight excluding hydrogens is 208 g/mol. The molecule has 0 unspecified atom stereocenters. The summed E-state index contributed by atoms with van der Waals surface area (Å²) in [5.41, 5.74) is 0. The summed E-state index contributed by atoms with van der Waals surface area (Å²) in [7, 11) is 0. The van der Waals surface area contributed by atoms with Crippen molar-refractivity contribution >= 4 is 0 Å². The van der Waals surface area contributed by atoms with Crippen LogP contribution in [0.1, 0.15) is 38.5 Å². The Hall–Kier alpha value is -0.0800. The van der Waals surface area contributed by atoms with Gasteiger partial charge in [-0.2, -0.15) is 0 Å². The second kappa shape index (κ2) is 3.71. The van der Waals surface area contributed by atoms with Crippen LogP contribution in [0, 0.1) is 11.8 Å². The van der Waals surface area contributed by atoms with Gasteiger partial charge in [-0.15, -0.1) is 0 Å². The molecule has 96 valence electrons. The molecule has 0 aromatic carbocycles. The fourth-order valence-electron chi connectivity index (χ4n) is 5.34. The summed E-state index contributed by atoms with van der Waals surface area (Å²) >= 11 is 0. The van der Waals surface area contributed by atoms with E-state index in [9.17, 15) is 0 Å². The fraction of sp³-hybridized carbons (Fsp3) is 1.00. The van der Waals surface area contributed by atoms with Crippen LogP contribution in [0.3, 0.4) is 0 Å². The maximum atomic E-state index is 1.54. The highest BCUT2D eigenvalue weighted by Crippen LogP contribution is 2.39. The van der Waals surface area contributed by atoms with Gasteiger partial charge in [-0.1, -0.05) is 0 Å². The Morgan fingerprint density at radius 1 is 0.529 bits per heavy atom. The summed E-state index contributed by atoms with van der Waals surface area (Å²) < 4.78 is 3.03. The number of hydrogen-bond donors (Lipinski definition) is 0. The molecule has 6 saturated heterocycles. The number of quaternary nitrogens is 2. The van der Waals surface area contributed by atoms with Gasteiger partial charge >= 0.3 is 0 Å². The molecule has 4 bridgehead atoms. The number of fused-ring (bicyclic) bond motifs is 6. The van der Waals surface area contributed by atoms with Crippen LogP contribution in [-0.4, -0.2) is 54.9 Å². The van der Waals surface area contributed by atoms with Gasteiger partial charge in [0.05, 0.1) is 39.3 Å². The molecule has 0 aromatic rings. The molecule has 2 nitrogen and oxygen atoms in total. The van der Waals surface area contributed by atoms with Crippen LogP contribution in [0.4, 0.5) is 0 Å². The number of hydrogen-bond acceptors (Lipinski definition) is 0. The van der Waals surface area contributed by atoms with Crippen LogP contribution in [0.15, 0.2) is 0 Å². The molecule has 6 rings (SSSR count). The lowest BCUT2D eigenvalue weighted by atomic mass is 9.84. The van der Waals surface area contributed by atoms with Crippen LogP contribution in [-0.2, 0) is 0 Å². The zero-order valence-corrected chi connectivity index (χ0v) is 11.2. The van der Waals surface area contributed by atoms with Crippen molar-refractivity contribution in [3.8, 4) is 0 Å². The van der Waals surface area contributed by atoms with Crippen LogP contribution >= 0.6 is 0 Å². The third-order valence-corrected chi connectivity index (χ3v) is 6.67. The molecule has 2 heteroatoms. The summed E-state index contributed by atoms with van der Waals surface area (Å²) in [5, 5.41) is 0. The van der Waals surface area contributed by atoms with E-state index in [1.54, 1.807) is 38.5 Å². The lowest BCUT2D eigenvalue weighted by Gasteiger charge is -2.56. The predicted octanol–water partition coefficient (Wildman–Crippen LogP) is 2.20. The molecule has 17 heavy (non-hydrogen) atoms. The van der Waals surface area contributed by atoms with Gasteiger partial charge < -0.3 is 0 Å². The van der Waals surface area contributed by atoms with Crippen molar-refractivity contribution in [1.82, 2.24) is 0 Å². The van der Waals surface area contributed by atoms with E-state index in [1.165, 1.54) is 54.9 Å². The first kappa shape index (κ1) is 10.8. The number of rotatable bonds is 2. The third-order valence-electron chi connectivity index (χ3n) is 6.67. The minimum atomic E-state index is 1.11. The Morgan fingerprint density at radius 3 is 1.12 bits per heavy atom. The standard InChI is InChI=1S/C15H28N2/c1-7-16(8-2-14(1)3-9-16)13-17-10-4-15(5-11-17)6-12-17/h14-15H,1-13H2/q+2. The fourth-order valence-corrected chi connectivity index (χ4v) is 5.34. The lowest BCUT2D eigenvalue weighted by Crippen LogP contribution is -2.70. The molecule has 6 aliphatic rings. The molecule has 0 aromatic heterocycles. The first-order valence-corrected chi connectivity index (χ1v) is 7.98. The molecule has 0 atom stereocenters. The molecular formula is C15H28N2+2. The zero-order chi connectivity index (χ0) is 11.3. The van der Waals surface area contributed by atoms with Gasteiger partial charge in [-0.3, -0.25) is 8.97 Å². The van der Waals surface area contributed by atoms with Crippen molar-refractivity contribution in [1.29, 1.82) is 0 Å². The summed E-state index contributed by atoms with van der Waals surface area (Å²) in [5.74, 6) is 2.23. The summed E-state index contributed by atoms with van der Waals surface area (Å²) in [6, 6.07) is 0. The van der Waals surface area contributed by atoms with Crippen molar-refractivity contribution in [2.45, 2.75) is 38.5 Å². The average Bonchev–Trinajstić information content (AvgIpc) is 2.42. The second-order valence-corrected chi connectivity index (χ2v) is 7.63. The van der Waals surface area contributed by atoms with Gasteiger partial charge in [0.25, 0.3) is 0 Å². The maximum absolute atomic E-state index is 1.54. The van der Waals surface area contributed by atoms with Crippen molar-refractivity contribution < 1.29 is 8.97 Å². The van der Waals surface area contributed by atoms with Gasteiger partial charge in [0, 0.05) is 38.5 Å². The van der Waals surface area contributed by atoms with Gasteiger partial charge in [0.1, 0.15) is 0 Å². The van der Waals surface area contributed by atoms with Gasteiger partial charge in [-0.25, -0.2) is 0 Å². The summed E-state index contributed by atoms with van der Waals surface area (Å²) in [6.07, 6.45) is 9.27. The largest absolute Gasteiger partial charge is 0.277 e. The maximum Gasteiger partial charge on any atom is 0.207 e. The number of piperidine rings is 6. The highest BCUT2D eigenvalue weighted by atomic mass is 15.5. The highest BCUT2D eigenvalue weighted by Gasteiger charge is 2.49. The van der Waals surface area contributed by atoms with E-state index in [0.717, 1.165) is 11.8 Å². The van der Waals surface area contributed by atoms with Crippen molar-refractivity contribution in [3.63, 3.8) is 0 Å². The van der Waals surface area contributed by atoms with Gasteiger partial charge in [0.15, 0.2) is 0 Å². The van der Waals surface area contributed by atoms with Crippen LogP contribution in [0.2, 0.25) is 0 Å². The van der Waals surface area contributed by atoms with Crippen LogP contribution in [0.5, 0.6) is 0 Å². The predicted molar refractivity (Wildman–Crippen MR) is 69.3 cm³/mol. The molecule has 6 aliphatic heterocycles. The van der Waals surface area contributed by atoms with Crippen LogP contribution in [0.25, 0.3) is 0 Å². The van der Waals surface area contributed by atoms with E-state index in [0.29, 0.717) is 0 Å². The summed E-state index contributed by atoms with van der Waals surface area (Å²) in [6.45, 7) is 10.6. The van der Waals surface area contributed by atoms with Crippen molar-refractivity contribution in [2.24, 2.45) is 11.8 Å². The van der Waals surface area contributed by atoms with E-state index in [2.05, 4.69) is 0 Å². The Morgan fingerprint density at radius 2 is 0.824 bits per heavy atom. The first-order chi connectivity index (χ1) is 8.28. The molecule has 0 aliphatic carbocycles. The third kappa shape index (κ3) is 1.76. The minimum Gasteiger partial charge on any atom is -0.277 e. The number of nitrogens with zero attached hydrogens (tertiary/aromatic N) is 2. The van der Waals surface area contributed by atoms with E-state index >= 15 is 0 Å². The minimum absolute atomic E-state index is 1.11. The van der Waals surface area contributed by atoms with Crippen molar-refractivity contribution in [3.05, 3.63) is 0 Å². The SMILES string of the molecule is C1C[N+]2(C[N+]34CCC(CC3)CC4)CCC1CC2. The lowest BCUT2D eigenvalue weighted by molar-refractivity contribution is -1.11.